The SMILES string of the molecule is CCn1c(CC(=O)Nc2ccccc2)nnc1SCC(=O)Nc1nc(C)cs1. The lowest BCUT2D eigenvalue weighted by atomic mass is 10.3. The Morgan fingerprint density at radius 3 is 2.61 bits per heavy atom. The normalized spacial score (nSPS) is 10.6. The lowest BCUT2D eigenvalue weighted by Gasteiger charge is -2.08. The Balaban J connectivity index is 1.56. The molecular formula is C18H20N6O2S2. The van der Waals surface area contributed by atoms with E-state index in [1.165, 1.54) is 23.1 Å². The van der Waals surface area contributed by atoms with Gasteiger partial charge in [0.2, 0.25) is 11.8 Å². The molecule has 0 aliphatic rings. The molecule has 0 unspecified atom stereocenters. The molecule has 0 atom stereocenters. The number of para-hydroxylation sites is 1. The van der Waals surface area contributed by atoms with E-state index in [1.54, 1.807) is 0 Å². The second kappa shape index (κ2) is 9.47. The number of anilines is 2. The first-order valence-corrected chi connectivity index (χ1v) is 10.5. The van der Waals surface area contributed by atoms with Crippen molar-refractivity contribution in [3.63, 3.8) is 0 Å². The van der Waals surface area contributed by atoms with E-state index >= 15 is 0 Å². The Labute approximate surface area is 170 Å². The largest absolute Gasteiger partial charge is 0.326 e. The van der Waals surface area contributed by atoms with Crippen molar-refractivity contribution in [3.8, 4) is 0 Å². The van der Waals surface area contributed by atoms with E-state index in [0.29, 0.717) is 22.7 Å². The maximum absolute atomic E-state index is 12.3. The van der Waals surface area contributed by atoms with Crippen LogP contribution in [0.5, 0.6) is 0 Å². The molecule has 0 radical (unpaired) electrons. The Hall–Kier alpha value is -2.72. The average molecular weight is 417 g/mol. The summed E-state index contributed by atoms with van der Waals surface area (Å²) in [4.78, 5) is 28.6. The monoisotopic (exact) mass is 416 g/mol. The maximum Gasteiger partial charge on any atom is 0.236 e. The molecule has 2 N–H and O–H groups in total. The van der Waals surface area contributed by atoms with Crippen LogP contribution in [0.3, 0.4) is 0 Å². The standard InChI is InChI=1S/C18H20N6O2S2/c1-3-24-14(9-15(25)20-13-7-5-4-6-8-13)22-23-18(24)28-11-16(26)21-17-19-12(2)10-27-17/h4-8,10H,3,9,11H2,1-2H3,(H,20,25)(H,19,21,26). The number of rotatable bonds is 8. The molecule has 10 heteroatoms. The summed E-state index contributed by atoms with van der Waals surface area (Å²) in [5.74, 6) is 0.428. The first-order chi connectivity index (χ1) is 13.5. The van der Waals surface area contributed by atoms with Gasteiger partial charge in [0.05, 0.1) is 17.9 Å². The summed E-state index contributed by atoms with van der Waals surface area (Å²) in [5.41, 5.74) is 1.61. The molecule has 1 aromatic carbocycles. The number of thioether (sulfide) groups is 1. The summed E-state index contributed by atoms with van der Waals surface area (Å²) >= 11 is 2.67. The summed E-state index contributed by atoms with van der Waals surface area (Å²) < 4.78 is 1.84. The van der Waals surface area contributed by atoms with Crippen LogP contribution >= 0.6 is 23.1 Å². The van der Waals surface area contributed by atoms with Crippen molar-refractivity contribution < 1.29 is 9.59 Å². The summed E-state index contributed by atoms with van der Waals surface area (Å²) in [6.07, 6.45) is 0.112. The van der Waals surface area contributed by atoms with E-state index in [9.17, 15) is 9.59 Å². The van der Waals surface area contributed by atoms with Gasteiger partial charge in [0.1, 0.15) is 5.82 Å². The van der Waals surface area contributed by atoms with E-state index in [4.69, 9.17) is 0 Å². The van der Waals surface area contributed by atoms with Gasteiger partial charge in [-0.3, -0.25) is 9.59 Å². The average Bonchev–Trinajstić information content (AvgIpc) is 3.26. The Morgan fingerprint density at radius 1 is 1.14 bits per heavy atom. The van der Waals surface area contributed by atoms with Crippen molar-refractivity contribution in [2.45, 2.75) is 32.0 Å². The predicted molar refractivity (Wildman–Crippen MR) is 111 cm³/mol. The second-order valence-electron chi connectivity index (χ2n) is 5.86. The number of hydrogen-bond acceptors (Lipinski definition) is 7. The molecule has 3 aromatic rings. The first-order valence-electron chi connectivity index (χ1n) is 8.67. The van der Waals surface area contributed by atoms with Gasteiger partial charge in [-0.25, -0.2) is 4.98 Å². The minimum atomic E-state index is -0.165. The summed E-state index contributed by atoms with van der Waals surface area (Å²) in [5, 5.41) is 16.9. The number of amides is 2. The predicted octanol–water partition coefficient (Wildman–Crippen LogP) is 2.97. The Morgan fingerprint density at radius 2 is 1.93 bits per heavy atom. The highest BCUT2D eigenvalue weighted by molar-refractivity contribution is 7.99. The van der Waals surface area contributed by atoms with Crippen LogP contribution in [0.25, 0.3) is 0 Å². The highest BCUT2D eigenvalue weighted by Crippen LogP contribution is 2.19. The lowest BCUT2D eigenvalue weighted by Crippen LogP contribution is -2.18. The molecule has 2 aromatic heterocycles. The van der Waals surface area contributed by atoms with Crippen LogP contribution in [0.15, 0.2) is 40.9 Å². The van der Waals surface area contributed by atoms with E-state index in [1.807, 2.05) is 54.1 Å². The van der Waals surface area contributed by atoms with Crippen LogP contribution in [-0.4, -0.2) is 37.3 Å². The molecule has 3 rings (SSSR count). The van der Waals surface area contributed by atoms with Crippen molar-refractivity contribution >= 4 is 45.7 Å². The zero-order valence-corrected chi connectivity index (χ0v) is 17.1. The summed E-state index contributed by atoms with van der Waals surface area (Å²) in [6.45, 7) is 4.43. The molecule has 2 amide bonds. The first kappa shape index (κ1) is 20.0. The number of benzene rings is 1. The van der Waals surface area contributed by atoms with Gasteiger partial charge in [-0.1, -0.05) is 30.0 Å². The van der Waals surface area contributed by atoms with Gasteiger partial charge >= 0.3 is 0 Å². The quantitative estimate of drug-likeness (QED) is 0.548. The van der Waals surface area contributed by atoms with E-state index in [-0.39, 0.29) is 24.0 Å². The summed E-state index contributed by atoms with van der Waals surface area (Å²) in [6, 6.07) is 9.26. The molecule has 8 nitrogen and oxygen atoms in total. The fourth-order valence-electron chi connectivity index (χ4n) is 2.44. The van der Waals surface area contributed by atoms with Crippen LogP contribution in [-0.2, 0) is 22.6 Å². The van der Waals surface area contributed by atoms with Gasteiger partial charge in [-0.05, 0) is 26.0 Å². The van der Waals surface area contributed by atoms with Gasteiger partial charge in [0, 0.05) is 17.6 Å². The number of thiazole rings is 1. The summed E-state index contributed by atoms with van der Waals surface area (Å²) in [7, 11) is 0. The van der Waals surface area contributed by atoms with E-state index in [0.717, 1.165) is 11.4 Å². The van der Waals surface area contributed by atoms with Gasteiger partial charge in [0.15, 0.2) is 10.3 Å². The van der Waals surface area contributed by atoms with E-state index < -0.39 is 0 Å². The number of carbonyl (C=O) groups excluding carboxylic acids is 2. The molecule has 0 aliphatic heterocycles. The van der Waals surface area contributed by atoms with Crippen molar-refractivity contribution in [1.82, 2.24) is 19.7 Å². The van der Waals surface area contributed by atoms with Crippen molar-refractivity contribution in [3.05, 3.63) is 47.2 Å². The number of nitrogens with zero attached hydrogens (tertiary/aromatic N) is 4. The minimum Gasteiger partial charge on any atom is -0.326 e. The van der Waals surface area contributed by atoms with Gasteiger partial charge in [0.25, 0.3) is 0 Å². The van der Waals surface area contributed by atoms with Crippen molar-refractivity contribution in [1.29, 1.82) is 0 Å². The molecule has 2 heterocycles. The van der Waals surface area contributed by atoms with Crippen LogP contribution in [0.2, 0.25) is 0 Å². The molecule has 0 aliphatic carbocycles. The molecule has 0 spiro atoms. The zero-order chi connectivity index (χ0) is 19.9. The minimum absolute atomic E-state index is 0.112. The number of aryl methyl sites for hydroxylation is 1. The maximum atomic E-state index is 12.3. The fraction of sp³-hybridized carbons (Fsp3) is 0.278. The molecule has 0 fully saturated rings. The van der Waals surface area contributed by atoms with Gasteiger partial charge < -0.3 is 15.2 Å². The second-order valence-corrected chi connectivity index (χ2v) is 7.67. The molecule has 0 saturated carbocycles. The third-order valence-electron chi connectivity index (χ3n) is 3.68. The van der Waals surface area contributed by atoms with Crippen LogP contribution in [0.1, 0.15) is 18.4 Å². The third-order valence-corrected chi connectivity index (χ3v) is 5.53. The fourth-order valence-corrected chi connectivity index (χ4v) is 3.97. The van der Waals surface area contributed by atoms with Crippen LogP contribution in [0, 0.1) is 6.92 Å². The number of nitrogens with one attached hydrogen (secondary N) is 2. The van der Waals surface area contributed by atoms with Crippen molar-refractivity contribution in [2.75, 3.05) is 16.4 Å². The highest BCUT2D eigenvalue weighted by Gasteiger charge is 2.16. The molecule has 28 heavy (non-hydrogen) atoms. The van der Waals surface area contributed by atoms with Crippen molar-refractivity contribution in [2.24, 2.45) is 0 Å². The van der Waals surface area contributed by atoms with Gasteiger partial charge in [-0.2, -0.15) is 0 Å². The number of aromatic nitrogens is 4. The molecule has 0 saturated heterocycles. The smallest absolute Gasteiger partial charge is 0.236 e. The molecule has 146 valence electrons. The van der Waals surface area contributed by atoms with Gasteiger partial charge in [-0.15, -0.1) is 21.5 Å². The van der Waals surface area contributed by atoms with Crippen LogP contribution < -0.4 is 10.6 Å². The third kappa shape index (κ3) is 5.40. The number of hydrogen-bond donors (Lipinski definition) is 2. The Kier molecular flexibility index (Phi) is 6.77. The molecular weight excluding hydrogens is 396 g/mol. The van der Waals surface area contributed by atoms with E-state index in [2.05, 4.69) is 25.8 Å². The zero-order valence-electron chi connectivity index (χ0n) is 15.5. The topological polar surface area (TPSA) is 102 Å². The molecule has 0 bridgehead atoms. The lowest BCUT2D eigenvalue weighted by molar-refractivity contribution is -0.116. The highest BCUT2D eigenvalue weighted by atomic mass is 32.2. The number of carbonyl (C=O) groups is 2. The van der Waals surface area contributed by atoms with Crippen LogP contribution in [0.4, 0.5) is 10.8 Å². The Bertz CT molecular complexity index is 954.